The third-order valence-corrected chi connectivity index (χ3v) is 8.17. The molecule has 0 bridgehead atoms. The number of carbonyl (C=O) groups excluding carboxylic acids is 2. The van der Waals surface area contributed by atoms with Crippen molar-refractivity contribution in [3.8, 4) is 23.0 Å². The van der Waals surface area contributed by atoms with Crippen LogP contribution in [0.5, 0.6) is 0 Å². The lowest BCUT2D eigenvalue weighted by atomic mass is 9.93. The fraction of sp³-hybridized carbons (Fsp3) is 0.176. The van der Waals surface area contributed by atoms with Crippen LogP contribution in [0.1, 0.15) is 37.0 Å². The first-order valence-electron chi connectivity index (χ1n) is 13.5. The summed E-state index contributed by atoms with van der Waals surface area (Å²) in [6.07, 6.45) is 4.73. The third kappa shape index (κ3) is 5.93. The Morgan fingerprint density at radius 2 is 1.63 bits per heavy atom. The summed E-state index contributed by atoms with van der Waals surface area (Å²) >= 11 is 1.81. The van der Waals surface area contributed by atoms with Crippen LogP contribution in [0.25, 0.3) is 23.0 Å². The third-order valence-electron chi connectivity index (χ3n) is 6.95. The number of nitrogens with zero attached hydrogens (tertiary/aromatic N) is 4. The highest BCUT2D eigenvalue weighted by Crippen LogP contribution is 2.32. The zero-order chi connectivity index (χ0) is 28.9. The van der Waals surface area contributed by atoms with E-state index in [4.69, 9.17) is 5.10 Å². The number of benzene rings is 3. The molecule has 4 aromatic rings. The fourth-order valence-electron chi connectivity index (χ4n) is 4.66. The first-order chi connectivity index (χ1) is 19.9. The van der Waals surface area contributed by atoms with E-state index in [0.29, 0.717) is 22.4 Å². The topological polar surface area (TPSA) is 79.0 Å². The van der Waals surface area contributed by atoms with Crippen LogP contribution >= 0.6 is 11.8 Å². The summed E-state index contributed by atoms with van der Waals surface area (Å²) in [5, 5.41) is 14.8. The molecule has 0 aliphatic carbocycles. The zero-order valence-corrected chi connectivity index (χ0v) is 24.1. The molecule has 1 aromatic heterocycles. The van der Waals surface area contributed by atoms with Crippen molar-refractivity contribution in [2.24, 2.45) is 0 Å². The normalized spacial score (nSPS) is 14.6. The molecule has 7 heteroatoms. The van der Waals surface area contributed by atoms with Gasteiger partial charge in [-0.05, 0) is 67.5 Å². The number of hydrogen-bond acceptors (Lipinski definition) is 5. The van der Waals surface area contributed by atoms with E-state index in [1.165, 1.54) is 4.90 Å². The molecule has 3 aromatic carbocycles. The number of nitriles is 1. The first-order valence-corrected chi connectivity index (χ1v) is 14.5. The average Bonchev–Trinajstić information content (AvgIpc) is 3.42. The van der Waals surface area contributed by atoms with Gasteiger partial charge in [-0.3, -0.25) is 14.5 Å². The predicted octanol–water partition coefficient (Wildman–Crippen LogP) is 7.14. The Labute approximate surface area is 244 Å². The maximum atomic E-state index is 13.8. The van der Waals surface area contributed by atoms with E-state index in [1.54, 1.807) is 17.7 Å². The summed E-state index contributed by atoms with van der Waals surface area (Å²) in [6, 6.07) is 27.7. The van der Waals surface area contributed by atoms with Crippen molar-refractivity contribution in [1.82, 2.24) is 14.7 Å². The van der Waals surface area contributed by atoms with Crippen molar-refractivity contribution >= 4 is 29.7 Å². The van der Waals surface area contributed by atoms with Gasteiger partial charge in [0.05, 0.1) is 17.9 Å². The van der Waals surface area contributed by atoms with Crippen LogP contribution in [0.4, 0.5) is 0 Å². The zero-order valence-electron chi connectivity index (χ0n) is 23.3. The number of aryl methyl sites for hydroxylation is 1. The SMILES string of the molecule is CCCSc1ccc(-c2nn(-c3ccccc3)cc2/C=C2/C(=O)N(Cc3ccc(C)cc3)C(=O)C(C#N)=C2C)cc1. The standard InChI is InChI=1S/C34H30N4O2S/c1-4-18-41-29-16-14-26(15-17-29)32-27(22-38(36-32)28-8-6-5-7-9-28)19-30-24(3)31(20-35)34(40)37(33(30)39)21-25-12-10-23(2)11-13-25/h5-17,19,22H,4,18,21H2,1-3H3/b30-19+. The van der Waals surface area contributed by atoms with Gasteiger partial charge in [0, 0.05) is 27.8 Å². The molecule has 0 atom stereocenters. The Morgan fingerprint density at radius 1 is 0.927 bits per heavy atom. The second-order valence-corrected chi connectivity index (χ2v) is 11.1. The van der Waals surface area contributed by atoms with Crippen molar-refractivity contribution in [3.63, 3.8) is 0 Å². The van der Waals surface area contributed by atoms with Gasteiger partial charge in [-0.15, -0.1) is 11.8 Å². The van der Waals surface area contributed by atoms with Crippen molar-refractivity contribution < 1.29 is 9.59 Å². The average molecular weight is 559 g/mol. The number of thioether (sulfide) groups is 1. The number of rotatable bonds is 8. The Hall–Kier alpha value is -4.67. The minimum atomic E-state index is -0.576. The molecule has 0 saturated carbocycles. The molecule has 0 N–H and O–H groups in total. The Morgan fingerprint density at radius 3 is 2.29 bits per heavy atom. The molecule has 0 fully saturated rings. The number of para-hydroxylation sites is 1. The summed E-state index contributed by atoms with van der Waals surface area (Å²) in [6.45, 7) is 5.88. The predicted molar refractivity (Wildman–Crippen MR) is 163 cm³/mol. The summed E-state index contributed by atoms with van der Waals surface area (Å²) in [7, 11) is 0. The maximum absolute atomic E-state index is 13.8. The summed E-state index contributed by atoms with van der Waals surface area (Å²) in [4.78, 5) is 29.4. The van der Waals surface area contributed by atoms with E-state index >= 15 is 0 Å². The van der Waals surface area contributed by atoms with Crippen molar-refractivity contribution in [1.29, 1.82) is 5.26 Å². The van der Waals surface area contributed by atoms with Gasteiger partial charge in [-0.1, -0.05) is 67.1 Å². The van der Waals surface area contributed by atoms with Gasteiger partial charge in [0.2, 0.25) is 0 Å². The lowest BCUT2D eigenvalue weighted by molar-refractivity contribution is -0.141. The molecular weight excluding hydrogens is 528 g/mol. The van der Waals surface area contributed by atoms with Crippen molar-refractivity contribution in [2.75, 3.05) is 5.75 Å². The van der Waals surface area contributed by atoms with Crippen LogP contribution in [0, 0.1) is 18.3 Å². The number of amides is 2. The van der Waals surface area contributed by atoms with Gasteiger partial charge in [-0.25, -0.2) is 4.68 Å². The van der Waals surface area contributed by atoms with Crippen molar-refractivity contribution in [3.05, 3.63) is 118 Å². The molecule has 2 heterocycles. The highest BCUT2D eigenvalue weighted by molar-refractivity contribution is 7.99. The minimum Gasteiger partial charge on any atom is -0.269 e. The van der Waals surface area contributed by atoms with Crippen molar-refractivity contribution in [2.45, 2.75) is 38.6 Å². The molecule has 0 spiro atoms. The summed E-state index contributed by atoms with van der Waals surface area (Å²) in [5.41, 5.74) is 5.74. The molecule has 6 nitrogen and oxygen atoms in total. The van der Waals surface area contributed by atoms with Gasteiger partial charge in [0.25, 0.3) is 11.8 Å². The Bertz CT molecular complexity index is 1690. The minimum absolute atomic E-state index is 0.0303. The quantitative estimate of drug-likeness (QED) is 0.130. The Kier molecular flexibility index (Phi) is 8.32. The molecule has 0 unspecified atom stereocenters. The molecule has 5 rings (SSSR count). The number of hydrogen-bond donors (Lipinski definition) is 0. The van der Waals surface area contributed by atoms with E-state index in [1.807, 2.05) is 97.7 Å². The molecule has 1 aliphatic rings. The van der Waals surface area contributed by atoms with Crippen LogP contribution in [0.15, 0.2) is 107 Å². The number of carbonyl (C=O) groups is 2. The molecule has 0 radical (unpaired) electrons. The monoisotopic (exact) mass is 558 g/mol. The lowest BCUT2D eigenvalue weighted by Gasteiger charge is -2.27. The number of imide groups is 1. The van der Waals surface area contributed by atoms with E-state index in [0.717, 1.165) is 39.5 Å². The molecule has 1 aliphatic heterocycles. The van der Waals surface area contributed by atoms with E-state index in [-0.39, 0.29) is 12.1 Å². The van der Waals surface area contributed by atoms with Gasteiger partial charge < -0.3 is 0 Å². The first kappa shape index (κ1) is 27.9. The molecule has 0 saturated heterocycles. The van der Waals surface area contributed by atoms with Gasteiger partial charge in [0.1, 0.15) is 11.6 Å². The lowest BCUT2D eigenvalue weighted by Crippen LogP contribution is -2.42. The van der Waals surface area contributed by atoms with Crippen LogP contribution in [-0.2, 0) is 16.1 Å². The van der Waals surface area contributed by atoms with Crippen LogP contribution < -0.4 is 0 Å². The molecule has 41 heavy (non-hydrogen) atoms. The van der Waals surface area contributed by atoms with Crippen LogP contribution in [-0.4, -0.2) is 32.2 Å². The van der Waals surface area contributed by atoms with Crippen LogP contribution in [0.2, 0.25) is 0 Å². The summed E-state index contributed by atoms with van der Waals surface area (Å²) < 4.78 is 1.79. The van der Waals surface area contributed by atoms with Gasteiger partial charge in [-0.2, -0.15) is 10.4 Å². The maximum Gasteiger partial charge on any atom is 0.271 e. The smallest absolute Gasteiger partial charge is 0.269 e. The van der Waals surface area contributed by atoms with E-state index in [2.05, 4.69) is 19.1 Å². The highest BCUT2D eigenvalue weighted by Gasteiger charge is 2.35. The molecule has 2 amide bonds. The second kappa shape index (κ2) is 12.2. The van der Waals surface area contributed by atoms with E-state index < -0.39 is 11.8 Å². The van der Waals surface area contributed by atoms with Gasteiger partial charge in [0.15, 0.2) is 0 Å². The number of aromatic nitrogens is 2. The summed E-state index contributed by atoms with van der Waals surface area (Å²) in [5.74, 6) is 0.0384. The highest BCUT2D eigenvalue weighted by atomic mass is 32.2. The van der Waals surface area contributed by atoms with Gasteiger partial charge >= 0.3 is 0 Å². The van der Waals surface area contributed by atoms with Crippen LogP contribution in [0.3, 0.4) is 0 Å². The largest absolute Gasteiger partial charge is 0.271 e. The fourth-order valence-corrected chi connectivity index (χ4v) is 5.43. The Balaban J connectivity index is 1.60. The molecular formula is C34H30N4O2S. The second-order valence-electron chi connectivity index (χ2n) is 9.94. The van der Waals surface area contributed by atoms with E-state index in [9.17, 15) is 14.9 Å². The molecule has 204 valence electrons.